The number of para-hydroxylation sites is 1. The molecule has 1 N–H and O–H groups in total. The van der Waals surface area contributed by atoms with E-state index in [0.29, 0.717) is 17.5 Å². The Morgan fingerprint density at radius 2 is 1.76 bits per heavy atom. The number of rotatable bonds is 6. The second-order valence-electron chi connectivity index (χ2n) is 6.40. The Bertz CT molecular complexity index is 899. The van der Waals surface area contributed by atoms with E-state index in [4.69, 9.17) is 12.2 Å². The maximum atomic E-state index is 13.1. The largest absolute Gasteiger partial charge is 0.310 e. The fourth-order valence-electron chi connectivity index (χ4n) is 2.98. The van der Waals surface area contributed by atoms with E-state index in [1.807, 2.05) is 42.5 Å². The van der Waals surface area contributed by atoms with E-state index in [1.165, 1.54) is 29.9 Å². The van der Waals surface area contributed by atoms with Gasteiger partial charge in [0, 0.05) is 18.4 Å². The summed E-state index contributed by atoms with van der Waals surface area (Å²) in [6.45, 7) is 1.48. The minimum Gasteiger partial charge on any atom is -0.310 e. The van der Waals surface area contributed by atoms with Gasteiger partial charge in [0.1, 0.15) is 12.4 Å². The van der Waals surface area contributed by atoms with Crippen molar-refractivity contribution in [2.45, 2.75) is 32.1 Å². The zero-order chi connectivity index (χ0) is 17.2. The van der Waals surface area contributed by atoms with Gasteiger partial charge in [-0.1, -0.05) is 30.3 Å². The first-order valence-electron chi connectivity index (χ1n) is 8.38. The lowest BCUT2D eigenvalue weighted by atomic mass is 10.2. The Morgan fingerprint density at radius 3 is 2.44 bits per heavy atom. The molecule has 1 atom stereocenters. The number of nitrogens with zero attached hydrogens (tertiary/aromatic N) is 4. The average Bonchev–Trinajstić information content (AvgIpc) is 3.42. The third kappa shape index (κ3) is 3.67. The number of aromatic nitrogens is 4. The monoisotopic (exact) mass is 356 g/mol. The molecule has 0 bridgehead atoms. The van der Waals surface area contributed by atoms with Crippen LogP contribution in [0.5, 0.6) is 0 Å². The van der Waals surface area contributed by atoms with Crippen LogP contribution in [-0.4, -0.2) is 25.8 Å². The highest BCUT2D eigenvalue weighted by molar-refractivity contribution is 7.71. The van der Waals surface area contributed by atoms with Gasteiger partial charge in [0.2, 0.25) is 4.77 Å². The molecule has 5 nitrogen and oxygen atoms in total. The molecule has 1 aliphatic carbocycles. The fourth-order valence-corrected chi connectivity index (χ4v) is 3.23. The summed E-state index contributed by atoms with van der Waals surface area (Å²) in [5.74, 6) is -0.204. The van der Waals surface area contributed by atoms with E-state index < -0.39 is 0 Å². The van der Waals surface area contributed by atoms with Crippen molar-refractivity contribution in [3.05, 3.63) is 70.7 Å². The van der Waals surface area contributed by atoms with Gasteiger partial charge in [0.15, 0.2) is 6.67 Å². The molecule has 128 valence electrons. The molecular weight excluding hydrogens is 337 g/mol. The quantitative estimate of drug-likeness (QED) is 0.688. The highest BCUT2D eigenvalue weighted by atomic mass is 32.1. The van der Waals surface area contributed by atoms with E-state index in [2.05, 4.69) is 10.4 Å². The fraction of sp³-hybridized carbons (Fsp3) is 0.278. The van der Waals surface area contributed by atoms with E-state index in [9.17, 15) is 4.39 Å². The van der Waals surface area contributed by atoms with Crippen LogP contribution >= 0.6 is 12.2 Å². The molecule has 25 heavy (non-hydrogen) atoms. The zero-order valence-corrected chi connectivity index (χ0v) is 14.5. The summed E-state index contributed by atoms with van der Waals surface area (Å²) in [6, 6.07) is 17.1. The predicted octanol–water partition coefficient (Wildman–Crippen LogP) is 2.14. The summed E-state index contributed by atoms with van der Waals surface area (Å²) in [5, 5.41) is 8.44. The lowest BCUT2D eigenvalue weighted by Gasteiger charge is -2.18. The van der Waals surface area contributed by atoms with E-state index in [0.717, 1.165) is 17.8 Å². The molecular formula is C18H19FN5S+. The molecule has 3 aromatic rings. The lowest BCUT2D eigenvalue weighted by molar-refractivity contribution is -0.947. The SMILES string of the molecule is Fc1ccc(C[NH+](Cn2nnn(-c3ccccc3)c2=S)C2CC2)cc1. The van der Waals surface area contributed by atoms with Crippen molar-refractivity contribution in [1.82, 2.24) is 19.8 Å². The van der Waals surface area contributed by atoms with Gasteiger partial charge < -0.3 is 4.90 Å². The van der Waals surface area contributed by atoms with Gasteiger partial charge in [-0.15, -0.1) is 0 Å². The summed E-state index contributed by atoms with van der Waals surface area (Å²) >= 11 is 5.55. The van der Waals surface area contributed by atoms with Crippen LogP contribution in [0.1, 0.15) is 18.4 Å². The van der Waals surface area contributed by atoms with Crippen molar-refractivity contribution in [2.75, 3.05) is 0 Å². The van der Waals surface area contributed by atoms with Crippen LogP contribution in [0.15, 0.2) is 54.6 Å². The van der Waals surface area contributed by atoms with Gasteiger partial charge in [-0.25, -0.2) is 4.39 Å². The summed E-state index contributed by atoms with van der Waals surface area (Å²) in [4.78, 5) is 1.38. The van der Waals surface area contributed by atoms with Crippen LogP contribution in [0.3, 0.4) is 0 Å². The number of quaternary nitrogens is 1. The van der Waals surface area contributed by atoms with E-state index in [-0.39, 0.29) is 5.82 Å². The number of benzene rings is 2. The van der Waals surface area contributed by atoms with Gasteiger partial charge in [0.05, 0.1) is 11.7 Å². The molecule has 1 aromatic heterocycles. The molecule has 2 aromatic carbocycles. The van der Waals surface area contributed by atoms with Crippen LogP contribution in [0.2, 0.25) is 0 Å². The van der Waals surface area contributed by atoms with Crippen molar-refractivity contribution in [3.63, 3.8) is 0 Å². The molecule has 1 fully saturated rings. The van der Waals surface area contributed by atoms with Crippen molar-refractivity contribution >= 4 is 12.2 Å². The van der Waals surface area contributed by atoms with Crippen molar-refractivity contribution in [2.24, 2.45) is 0 Å². The first-order valence-corrected chi connectivity index (χ1v) is 8.79. The minimum atomic E-state index is -0.204. The third-order valence-electron chi connectivity index (χ3n) is 4.49. The maximum Gasteiger partial charge on any atom is 0.225 e. The molecule has 4 rings (SSSR count). The highest BCUT2D eigenvalue weighted by Gasteiger charge is 2.34. The van der Waals surface area contributed by atoms with Gasteiger partial charge >= 0.3 is 0 Å². The number of tetrazole rings is 1. The van der Waals surface area contributed by atoms with Crippen LogP contribution < -0.4 is 4.90 Å². The molecule has 7 heteroatoms. The number of hydrogen-bond acceptors (Lipinski definition) is 3. The number of hydrogen-bond donors (Lipinski definition) is 1. The first-order chi connectivity index (χ1) is 12.2. The Balaban J connectivity index is 1.54. The highest BCUT2D eigenvalue weighted by Crippen LogP contribution is 2.16. The Labute approximate surface area is 150 Å². The maximum absolute atomic E-state index is 13.1. The summed E-state index contributed by atoms with van der Waals surface area (Å²) in [6.07, 6.45) is 2.41. The first kappa shape index (κ1) is 16.1. The normalized spacial score (nSPS) is 15.2. The minimum absolute atomic E-state index is 0.204. The Kier molecular flexibility index (Phi) is 4.42. The molecule has 1 heterocycles. The molecule has 1 unspecified atom stereocenters. The van der Waals surface area contributed by atoms with E-state index in [1.54, 1.807) is 9.36 Å². The van der Waals surface area contributed by atoms with Crippen LogP contribution in [-0.2, 0) is 13.2 Å². The standard InChI is InChI=1S/C18H18FN5S/c19-15-8-6-14(7-9-15)12-22(16-10-11-16)13-23-18(25)24(21-20-23)17-4-2-1-3-5-17/h1-9,16H,10-13H2/p+1. The van der Waals surface area contributed by atoms with Gasteiger partial charge in [-0.2, -0.15) is 9.36 Å². The van der Waals surface area contributed by atoms with Gasteiger partial charge in [0.25, 0.3) is 0 Å². The summed E-state index contributed by atoms with van der Waals surface area (Å²) < 4.78 is 17.2. The summed E-state index contributed by atoms with van der Waals surface area (Å²) in [5.41, 5.74) is 2.02. The Hall–Kier alpha value is -2.38. The molecule has 0 saturated heterocycles. The molecule has 0 aliphatic heterocycles. The van der Waals surface area contributed by atoms with E-state index >= 15 is 0 Å². The second kappa shape index (κ2) is 6.85. The van der Waals surface area contributed by atoms with Crippen LogP contribution in [0.25, 0.3) is 5.69 Å². The summed E-state index contributed by atoms with van der Waals surface area (Å²) in [7, 11) is 0. The van der Waals surface area contributed by atoms with Crippen molar-refractivity contribution in [3.8, 4) is 5.69 Å². The smallest absolute Gasteiger partial charge is 0.225 e. The van der Waals surface area contributed by atoms with Crippen molar-refractivity contribution < 1.29 is 9.29 Å². The Morgan fingerprint density at radius 1 is 1.04 bits per heavy atom. The molecule has 0 radical (unpaired) electrons. The van der Waals surface area contributed by atoms with Crippen LogP contribution in [0.4, 0.5) is 4.39 Å². The molecule has 0 amide bonds. The number of halogens is 1. The van der Waals surface area contributed by atoms with Gasteiger partial charge in [-0.05, 0) is 46.9 Å². The topological polar surface area (TPSA) is 40.1 Å². The third-order valence-corrected chi connectivity index (χ3v) is 4.88. The van der Waals surface area contributed by atoms with Crippen molar-refractivity contribution in [1.29, 1.82) is 0 Å². The second-order valence-corrected chi connectivity index (χ2v) is 6.77. The van der Waals surface area contributed by atoms with Gasteiger partial charge in [-0.3, -0.25) is 0 Å². The molecule has 1 aliphatic rings. The average molecular weight is 356 g/mol. The van der Waals surface area contributed by atoms with Crippen LogP contribution in [0, 0.1) is 10.6 Å². The lowest BCUT2D eigenvalue weighted by Crippen LogP contribution is -3.11. The zero-order valence-electron chi connectivity index (χ0n) is 13.7. The number of nitrogens with one attached hydrogen (secondary N) is 1. The molecule has 1 saturated carbocycles. The predicted molar refractivity (Wildman–Crippen MR) is 94.3 cm³/mol. The molecule has 0 spiro atoms.